The van der Waals surface area contributed by atoms with Crippen LogP contribution in [0.4, 0.5) is 0 Å². The molecule has 1 amide bonds. The number of amides is 1. The number of nitrogens with one attached hydrogen (secondary N) is 1. The van der Waals surface area contributed by atoms with Crippen LogP contribution in [0.3, 0.4) is 0 Å². The van der Waals surface area contributed by atoms with Crippen molar-refractivity contribution in [3.63, 3.8) is 0 Å². The van der Waals surface area contributed by atoms with Crippen molar-refractivity contribution in [1.29, 1.82) is 0 Å². The highest BCUT2D eigenvalue weighted by Crippen LogP contribution is 2.21. The van der Waals surface area contributed by atoms with Crippen LogP contribution in [-0.2, 0) is 16.1 Å². The van der Waals surface area contributed by atoms with Gasteiger partial charge in [0.15, 0.2) is 0 Å². The van der Waals surface area contributed by atoms with Gasteiger partial charge >= 0.3 is 0 Å². The molecule has 0 atom stereocenters. The van der Waals surface area contributed by atoms with E-state index in [1.807, 2.05) is 6.07 Å². The van der Waals surface area contributed by atoms with Gasteiger partial charge in [0.1, 0.15) is 6.61 Å². The second-order valence-electron chi connectivity index (χ2n) is 5.03. The molecule has 0 unspecified atom stereocenters. The maximum Gasteiger partial charge on any atom is 0.244 e. The molecule has 0 saturated carbocycles. The van der Waals surface area contributed by atoms with Gasteiger partial charge in [-0.3, -0.25) is 4.79 Å². The molecule has 0 aliphatic heterocycles. The lowest BCUT2D eigenvalue weighted by atomic mass is 10.2. The van der Waals surface area contributed by atoms with Gasteiger partial charge in [-0.15, -0.1) is 0 Å². The van der Waals surface area contributed by atoms with Crippen LogP contribution in [0.15, 0.2) is 42.6 Å². The Kier molecular flexibility index (Phi) is 7.73. The van der Waals surface area contributed by atoms with Crippen LogP contribution >= 0.6 is 23.2 Å². The highest BCUT2D eigenvalue weighted by atomic mass is 35.5. The molecule has 0 fully saturated rings. The van der Waals surface area contributed by atoms with Crippen LogP contribution in [0.25, 0.3) is 6.08 Å². The third-order valence-corrected chi connectivity index (χ3v) is 3.78. The molecule has 0 aliphatic rings. The molecule has 0 saturated heterocycles. The van der Waals surface area contributed by atoms with Gasteiger partial charge in [-0.25, -0.2) is 4.98 Å². The van der Waals surface area contributed by atoms with E-state index < -0.39 is 0 Å². The average Bonchev–Trinajstić information content (AvgIpc) is 2.62. The number of pyridine rings is 1. The number of aromatic nitrogens is 1. The topological polar surface area (TPSA) is 60.5 Å². The molecule has 0 bridgehead atoms. The fourth-order valence-electron chi connectivity index (χ4n) is 1.96. The second-order valence-corrected chi connectivity index (χ2v) is 5.87. The predicted octanol–water partition coefficient (Wildman–Crippen LogP) is 3.74. The minimum atomic E-state index is -0.261. The minimum Gasteiger partial charge on any atom is -0.475 e. The molecule has 2 aromatic rings. The Morgan fingerprint density at radius 1 is 1.28 bits per heavy atom. The number of rotatable bonds is 8. The van der Waals surface area contributed by atoms with Crippen molar-refractivity contribution >= 4 is 35.2 Å². The van der Waals surface area contributed by atoms with Gasteiger partial charge in [-0.1, -0.05) is 29.3 Å². The van der Waals surface area contributed by atoms with Crippen molar-refractivity contribution in [1.82, 2.24) is 10.3 Å². The molecule has 1 aromatic heterocycles. The van der Waals surface area contributed by atoms with Gasteiger partial charge in [0.25, 0.3) is 0 Å². The summed E-state index contributed by atoms with van der Waals surface area (Å²) in [5, 5.41) is 3.86. The molecular formula is C18H18Cl2N2O3. The lowest BCUT2D eigenvalue weighted by Crippen LogP contribution is -2.21. The number of hydrogen-bond donors (Lipinski definition) is 1. The summed E-state index contributed by atoms with van der Waals surface area (Å²) in [6.07, 6.45) is 4.65. The van der Waals surface area contributed by atoms with E-state index in [0.29, 0.717) is 41.2 Å². The van der Waals surface area contributed by atoms with E-state index in [2.05, 4.69) is 10.3 Å². The number of halogens is 2. The number of nitrogens with zero attached hydrogens (tertiary/aromatic N) is 1. The molecule has 25 heavy (non-hydrogen) atoms. The van der Waals surface area contributed by atoms with Crippen molar-refractivity contribution in [2.75, 3.05) is 20.3 Å². The molecular weight excluding hydrogens is 363 g/mol. The molecule has 132 valence electrons. The highest BCUT2D eigenvalue weighted by molar-refractivity contribution is 6.34. The largest absolute Gasteiger partial charge is 0.475 e. The van der Waals surface area contributed by atoms with E-state index in [4.69, 9.17) is 32.7 Å². The van der Waals surface area contributed by atoms with Crippen LogP contribution in [0.2, 0.25) is 10.0 Å². The van der Waals surface area contributed by atoms with E-state index in [1.54, 1.807) is 43.6 Å². The number of methoxy groups -OCH3 is 1. The zero-order valence-electron chi connectivity index (χ0n) is 13.7. The first-order valence-electron chi connectivity index (χ1n) is 7.56. The first kappa shape index (κ1) is 19.2. The summed E-state index contributed by atoms with van der Waals surface area (Å²) in [4.78, 5) is 16.2. The van der Waals surface area contributed by atoms with Crippen molar-refractivity contribution in [3.8, 4) is 5.88 Å². The van der Waals surface area contributed by atoms with Crippen molar-refractivity contribution in [3.05, 3.63) is 63.8 Å². The van der Waals surface area contributed by atoms with E-state index in [0.717, 1.165) is 5.56 Å². The Balaban J connectivity index is 1.94. The SMILES string of the molecule is COCCOc1ncccc1CNC(=O)/C=C/c1cc(Cl)ccc1Cl. The molecule has 5 nitrogen and oxygen atoms in total. The molecule has 1 aromatic carbocycles. The molecule has 2 rings (SSSR count). The van der Waals surface area contributed by atoms with Crippen LogP contribution in [0, 0.1) is 0 Å². The Morgan fingerprint density at radius 3 is 2.92 bits per heavy atom. The monoisotopic (exact) mass is 380 g/mol. The third-order valence-electron chi connectivity index (χ3n) is 3.20. The number of carbonyl (C=O) groups is 1. The van der Waals surface area contributed by atoms with Crippen LogP contribution < -0.4 is 10.1 Å². The Bertz CT molecular complexity index is 751. The summed E-state index contributed by atoms with van der Waals surface area (Å²) in [6, 6.07) is 8.69. The van der Waals surface area contributed by atoms with Gasteiger partial charge in [-0.05, 0) is 35.9 Å². The molecule has 0 radical (unpaired) electrons. The fraction of sp³-hybridized carbons (Fsp3) is 0.222. The third kappa shape index (κ3) is 6.38. The van der Waals surface area contributed by atoms with Gasteiger partial charge in [0.2, 0.25) is 11.8 Å². The Hall–Kier alpha value is -2.08. The summed E-state index contributed by atoms with van der Waals surface area (Å²) in [7, 11) is 1.60. The van der Waals surface area contributed by atoms with Crippen molar-refractivity contribution in [2.24, 2.45) is 0 Å². The van der Waals surface area contributed by atoms with Crippen LogP contribution in [0.1, 0.15) is 11.1 Å². The number of hydrogen-bond acceptors (Lipinski definition) is 4. The molecule has 1 heterocycles. The zero-order valence-corrected chi connectivity index (χ0v) is 15.2. The summed E-state index contributed by atoms with van der Waals surface area (Å²) < 4.78 is 10.5. The van der Waals surface area contributed by atoms with Crippen LogP contribution in [-0.4, -0.2) is 31.2 Å². The van der Waals surface area contributed by atoms with Gasteiger partial charge < -0.3 is 14.8 Å². The van der Waals surface area contributed by atoms with Gasteiger partial charge in [0.05, 0.1) is 6.61 Å². The normalized spacial score (nSPS) is 10.8. The lowest BCUT2D eigenvalue weighted by Gasteiger charge is -2.10. The maximum absolute atomic E-state index is 12.0. The number of ether oxygens (including phenoxy) is 2. The van der Waals surface area contributed by atoms with Crippen molar-refractivity contribution < 1.29 is 14.3 Å². The Labute approximate surface area is 156 Å². The summed E-state index contributed by atoms with van der Waals surface area (Å²) in [6.45, 7) is 1.15. The first-order chi connectivity index (χ1) is 12.1. The summed E-state index contributed by atoms with van der Waals surface area (Å²) >= 11 is 12.0. The smallest absolute Gasteiger partial charge is 0.244 e. The first-order valence-corrected chi connectivity index (χ1v) is 8.32. The van der Waals surface area contributed by atoms with Gasteiger partial charge in [-0.2, -0.15) is 0 Å². The fourth-order valence-corrected chi connectivity index (χ4v) is 2.32. The number of carbonyl (C=O) groups excluding carboxylic acids is 1. The standard InChI is InChI=1S/C18H18Cl2N2O3/c1-24-9-10-25-18-14(3-2-8-21-18)12-22-17(23)7-4-13-11-15(19)5-6-16(13)20/h2-8,11H,9-10,12H2,1H3,(H,22,23)/b7-4+. The molecule has 7 heteroatoms. The van der Waals surface area contributed by atoms with Crippen LogP contribution in [0.5, 0.6) is 5.88 Å². The number of benzene rings is 1. The summed E-state index contributed by atoms with van der Waals surface area (Å²) in [5.41, 5.74) is 1.45. The van der Waals surface area contributed by atoms with E-state index in [1.165, 1.54) is 6.08 Å². The van der Waals surface area contributed by atoms with E-state index >= 15 is 0 Å². The zero-order chi connectivity index (χ0) is 18.1. The molecule has 0 aliphatic carbocycles. The van der Waals surface area contributed by atoms with E-state index in [-0.39, 0.29) is 5.91 Å². The van der Waals surface area contributed by atoms with Gasteiger partial charge in [0, 0.05) is 41.5 Å². The highest BCUT2D eigenvalue weighted by Gasteiger charge is 2.06. The quantitative estimate of drug-likeness (QED) is 0.559. The predicted molar refractivity (Wildman–Crippen MR) is 99.0 cm³/mol. The maximum atomic E-state index is 12.0. The second kappa shape index (κ2) is 10.0. The minimum absolute atomic E-state index is 0.261. The Morgan fingerprint density at radius 2 is 2.12 bits per heavy atom. The summed E-state index contributed by atoms with van der Waals surface area (Å²) in [5.74, 6) is 0.212. The molecule has 1 N–H and O–H groups in total. The van der Waals surface area contributed by atoms with Crippen molar-refractivity contribution in [2.45, 2.75) is 6.54 Å². The van der Waals surface area contributed by atoms with E-state index in [9.17, 15) is 4.79 Å². The molecule has 0 spiro atoms. The lowest BCUT2D eigenvalue weighted by molar-refractivity contribution is -0.116. The average molecular weight is 381 g/mol.